The standard InChI is InChI=1S/C36H41NO3/c1-3-11-28-17-19-29(20-18-28)21-22-33-36(32-16-8-7-12-27(32)2)34(39-25-30-13-5-4-6-14-30)24-35(37-33)40-26-31-15-9-10-23-38-31/h4-8,12-14,16-20,24,31H,3,9-11,15,21-23,25-26H2,1-2H3. The van der Waals surface area contributed by atoms with E-state index < -0.39 is 0 Å². The third-order valence-corrected chi connectivity index (χ3v) is 7.59. The number of nitrogens with zero attached hydrogens (tertiary/aromatic N) is 1. The van der Waals surface area contributed by atoms with Gasteiger partial charge in [-0.2, -0.15) is 0 Å². The molecule has 0 saturated carbocycles. The molecule has 0 N–H and O–H groups in total. The zero-order valence-corrected chi connectivity index (χ0v) is 23.9. The molecule has 4 aromatic rings. The molecule has 1 atom stereocenters. The van der Waals surface area contributed by atoms with Crippen LogP contribution in [0.5, 0.6) is 11.6 Å². The number of aromatic nitrogens is 1. The Morgan fingerprint density at radius 1 is 0.800 bits per heavy atom. The van der Waals surface area contributed by atoms with Gasteiger partial charge in [0.15, 0.2) is 0 Å². The second-order valence-electron chi connectivity index (χ2n) is 10.7. The summed E-state index contributed by atoms with van der Waals surface area (Å²) in [4.78, 5) is 5.09. The Kier molecular flexibility index (Phi) is 9.87. The molecule has 0 spiro atoms. The molecular formula is C36H41NO3. The molecule has 1 aliphatic rings. The molecule has 1 saturated heterocycles. The van der Waals surface area contributed by atoms with Crippen molar-refractivity contribution in [1.82, 2.24) is 4.98 Å². The fourth-order valence-electron chi connectivity index (χ4n) is 5.33. The minimum atomic E-state index is 0.116. The van der Waals surface area contributed by atoms with Gasteiger partial charge < -0.3 is 14.2 Å². The molecule has 2 heterocycles. The Bertz CT molecular complexity index is 1340. The number of hydrogen-bond acceptors (Lipinski definition) is 4. The van der Waals surface area contributed by atoms with Crippen molar-refractivity contribution >= 4 is 0 Å². The van der Waals surface area contributed by atoms with Crippen LogP contribution < -0.4 is 9.47 Å². The van der Waals surface area contributed by atoms with Gasteiger partial charge in [0, 0.05) is 18.2 Å². The maximum absolute atomic E-state index is 6.55. The van der Waals surface area contributed by atoms with E-state index in [1.165, 1.54) is 23.1 Å². The lowest BCUT2D eigenvalue weighted by atomic mass is 9.95. The molecule has 40 heavy (non-hydrogen) atoms. The zero-order valence-electron chi connectivity index (χ0n) is 23.9. The first-order chi connectivity index (χ1) is 19.7. The van der Waals surface area contributed by atoms with E-state index in [1.807, 2.05) is 24.3 Å². The van der Waals surface area contributed by atoms with Crippen molar-refractivity contribution in [3.63, 3.8) is 0 Å². The number of ether oxygens (including phenoxy) is 3. The lowest BCUT2D eigenvalue weighted by Crippen LogP contribution is -2.26. The van der Waals surface area contributed by atoms with Gasteiger partial charge in [-0.05, 0) is 73.3 Å². The molecule has 4 nitrogen and oxygen atoms in total. The number of hydrogen-bond donors (Lipinski definition) is 0. The monoisotopic (exact) mass is 535 g/mol. The summed E-state index contributed by atoms with van der Waals surface area (Å²) in [7, 11) is 0. The number of pyridine rings is 1. The van der Waals surface area contributed by atoms with Gasteiger partial charge >= 0.3 is 0 Å². The van der Waals surface area contributed by atoms with Crippen LogP contribution in [-0.2, 0) is 30.6 Å². The van der Waals surface area contributed by atoms with E-state index in [-0.39, 0.29) is 6.10 Å². The quantitative estimate of drug-likeness (QED) is 0.183. The van der Waals surface area contributed by atoms with Gasteiger partial charge in [0.2, 0.25) is 5.88 Å². The number of aryl methyl sites for hydroxylation is 4. The summed E-state index contributed by atoms with van der Waals surface area (Å²) in [5, 5.41) is 0. The Morgan fingerprint density at radius 2 is 1.55 bits per heavy atom. The smallest absolute Gasteiger partial charge is 0.217 e. The predicted molar refractivity (Wildman–Crippen MR) is 162 cm³/mol. The van der Waals surface area contributed by atoms with Crippen molar-refractivity contribution < 1.29 is 14.2 Å². The molecule has 0 radical (unpaired) electrons. The van der Waals surface area contributed by atoms with Crippen LogP contribution in [0.2, 0.25) is 0 Å². The van der Waals surface area contributed by atoms with Gasteiger partial charge in [-0.3, -0.25) is 0 Å². The van der Waals surface area contributed by atoms with Crippen molar-refractivity contribution in [3.05, 3.63) is 113 Å². The third kappa shape index (κ3) is 7.51. The van der Waals surface area contributed by atoms with E-state index in [1.54, 1.807) is 0 Å². The van der Waals surface area contributed by atoms with Crippen LogP contribution in [0.4, 0.5) is 0 Å². The van der Waals surface area contributed by atoms with Gasteiger partial charge in [-0.15, -0.1) is 0 Å². The van der Waals surface area contributed by atoms with Crippen LogP contribution in [0.3, 0.4) is 0 Å². The first kappa shape index (κ1) is 27.9. The van der Waals surface area contributed by atoms with Crippen molar-refractivity contribution in [3.8, 4) is 22.8 Å². The minimum Gasteiger partial charge on any atom is -0.488 e. The summed E-state index contributed by atoms with van der Waals surface area (Å²) in [6, 6.07) is 29.8. The zero-order chi connectivity index (χ0) is 27.6. The Labute approximate surface area is 239 Å². The summed E-state index contributed by atoms with van der Waals surface area (Å²) in [5.74, 6) is 1.41. The van der Waals surface area contributed by atoms with Crippen LogP contribution in [0.25, 0.3) is 11.1 Å². The lowest BCUT2D eigenvalue weighted by molar-refractivity contribution is -0.0120. The highest BCUT2D eigenvalue weighted by atomic mass is 16.5. The molecule has 1 aromatic heterocycles. The van der Waals surface area contributed by atoms with Gasteiger partial charge in [0.05, 0.1) is 11.8 Å². The summed E-state index contributed by atoms with van der Waals surface area (Å²) < 4.78 is 18.8. The average molecular weight is 536 g/mol. The molecule has 4 heteroatoms. The first-order valence-corrected chi connectivity index (χ1v) is 14.8. The Balaban J connectivity index is 1.48. The number of benzene rings is 3. The molecule has 3 aromatic carbocycles. The second kappa shape index (κ2) is 14.1. The fourth-order valence-corrected chi connectivity index (χ4v) is 5.33. The van der Waals surface area contributed by atoms with Crippen LogP contribution in [-0.4, -0.2) is 24.3 Å². The SMILES string of the molecule is CCCc1ccc(CCc2nc(OCC3CCCCO3)cc(OCc3ccccc3)c2-c2ccccc2C)cc1. The molecule has 1 unspecified atom stereocenters. The lowest BCUT2D eigenvalue weighted by Gasteiger charge is -2.23. The van der Waals surface area contributed by atoms with E-state index in [4.69, 9.17) is 19.2 Å². The molecule has 1 fully saturated rings. The second-order valence-corrected chi connectivity index (χ2v) is 10.7. The van der Waals surface area contributed by atoms with Crippen molar-refractivity contribution in [2.75, 3.05) is 13.2 Å². The van der Waals surface area contributed by atoms with Gasteiger partial charge in [0.1, 0.15) is 19.0 Å². The summed E-state index contributed by atoms with van der Waals surface area (Å²) in [6.45, 7) is 6.17. The van der Waals surface area contributed by atoms with Crippen molar-refractivity contribution in [1.29, 1.82) is 0 Å². The van der Waals surface area contributed by atoms with Crippen LogP contribution in [0.15, 0.2) is 84.9 Å². The highest BCUT2D eigenvalue weighted by Crippen LogP contribution is 2.38. The molecular weight excluding hydrogens is 494 g/mol. The molecule has 0 amide bonds. The maximum Gasteiger partial charge on any atom is 0.217 e. The highest BCUT2D eigenvalue weighted by molar-refractivity contribution is 5.76. The Morgan fingerprint density at radius 3 is 2.27 bits per heavy atom. The van der Waals surface area contributed by atoms with E-state index >= 15 is 0 Å². The molecule has 1 aliphatic heterocycles. The van der Waals surface area contributed by atoms with Gasteiger partial charge in [-0.25, -0.2) is 4.98 Å². The van der Waals surface area contributed by atoms with Gasteiger partial charge in [-0.1, -0.05) is 92.2 Å². The van der Waals surface area contributed by atoms with E-state index in [9.17, 15) is 0 Å². The number of rotatable bonds is 12. The first-order valence-electron chi connectivity index (χ1n) is 14.8. The van der Waals surface area contributed by atoms with Crippen LogP contribution in [0, 0.1) is 6.92 Å². The normalized spacial score (nSPS) is 15.1. The van der Waals surface area contributed by atoms with Gasteiger partial charge in [0.25, 0.3) is 0 Å². The average Bonchev–Trinajstić information content (AvgIpc) is 3.00. The predicted octanol–water partition coefficient (Wildman–Crippen LogP) is 8.32. The minimum absolute atomic E-state index is 0.116. The molecule has 5 rings (SSSR count). The molecule has 0 aliphatic carbocycles. The van der Waals surface area contributed by atoms with E-state index in [0.717, 1.165) is 73.3 Å². The topological polar surface area (TPSA) is 40.6 Å². The Hall–Kier alpha value is -3.63. The highest BCUT2D eigenvalue weighted by Gasteiger charge is 2.20. The largest absolute Gasteiger partial charge is 0.488 e. The van der Waals surface area contributed by atoms with E-state index in [2.05, 4.69) is 74.5 Å². The fraction of sp³-hybridized carbons (Fsp3) is 0.361. The summed E-state index contributed by atoms with van der Waals surface area (Å²) in [5.41, 5.74) is 8.22. The third-order valence-electron chi connectivity index (χ3n) is 7.59. The summed E-state index contributed by atoms with van der Waals surface area (Å²) >= 11 is 0. The molecule has 0 bridgehead atoms. The van der Waals surface area contributed by atoms with Crippen molar-refractivity contribution in [2.45, 2.75) is 71.5 Å². The molecule has 208 valence electrons. The van der Waals surface area contributed by atoms with Crippen LogP contribution >= 0.6 is 0 Å². The van der Waals surface area contributed by atoms with Crippen LogP contribution in [0.1, 0.15) is 60.6 Å². The summed E-state index contributed by atoms with van der Waals surface area (Å²) in [6.07, 6.45) is 7.41. The van der Waals surface area contributed by atoms with Crippen molar-refractivity contribution in [2.24, 2.45) is 0 Å². The van der Waals surface area contributed by atoms with E-state index in [0.29, 0.717) is 19.1 Å². The maximum atomic E-state index is 6.55.